The van der Waals surface area contributed by atoms with Crippen molar-refractivity contribution in [3.05, 3.63) is 65.7 Å². The summed E-state index contributed by atoms with van der Waals surface area (Å²) in [4.78, 5) is 26.7. The Labute approximate surface area is 182 Å². The van der Waals surface area contributed by atoms with Gasteiger partial charge in [-0.3, -0.25) is 14.5 Å². The molecule has 3 N–H and O–H groups in total. The molecule has 2 aromatic rings. The molecule has 0 aliphatic rings. The van der Waals surface area contributed by atoms with Crippen molar-refractivity contribution in [1.29, 1.82) is 0 Å². The van der Waals surface area contributed by atoms with Crippen molar-refractivity contribution in [3.63, 3.8) is 0 Å². The molecule has 7 heteroatoms. The van der Waals surface area contributed by atoms with Gasteiger partial charge in [-0.05, 0) is 54.8 Å². The number of carbonyl (C=O) groups excluding carboxylic acids is 2. The van der Waals surface area contributed by atoms with Gasteiger partial charge in [0.25, 0.3) is 11.8 Å². The average molecular weight is 424 g/mol. The summed E-state index contributed by atoms with van der Waals surface area (Å²) in [6.45, 7) is 0.750. The van der Waals surface area contributed by atoms with Crippen LogP contribution in [-0.4, -0.2) is 49.1 Å². The van der Waals surface area contributed by atoms with E-state index in [2.05, 4.69) is 0 Å². The second-order valence-electron chi connectivity index (χ2n) is 6.68. The van der Waals surface area contributed by atoms with Gasteiger partial charge < -0.3 is 20.3 Å². The predicted octanol–water partition coefficient (Wildman–Crippen LogP) is 3.23. The first-order valence-electron chi connectivity index (χ1n) is 9.92. The van der Waals surface area contributed by atoms with Crippen LogP contribution in [0.4, 0.5) is 0 Å². The molecule has 0 saturated heterocycles. The van der Waals surface area contributed by atoms with Gasteiger partial charge in [0.05, 0.1) is 14.2 Å². The summed E-state index contributed by atoms with van der Waals surface area (Å²) in [6.07, 6.45) is 7.22. The van der Waals surface area contributed by atoms with Gasteiger partial charge >= 0.3 is 0 Å². The number of rotatable bonds is 10. The highest BCUT2D eigenvalue weighted by Crippen LogP contribution is 2.37. The van der Waals surface area contributed by atoms with E-state index in [1.807, 2.05) is 30.3 Å². The highest BCUT2D eigenvalue weighted by Gasteiger charge is 2.17. The Hall–Kier alpha value is -3.58. The maximum atomic E-state index is 12.8. The Balaban J connectivity index is 2.20. The maximum absolute atomic E-state index is 12.8. The lowest BCUT2D eigenvalue weighted by molar-refractivity contribution is -0.138. The van der Waals surface area contributed by atoms with Crippen molar-refractivity contribution in [2.24, 2.45) is 5.73 Å². The number of amides is 2. The number of nitrogens with zero attached hydrogens (tertiary/aromatic N) is 1. The Morgan fingerprint density at radius 3 is 2.00 bits per heavy atom. The third-order valence-corrected chi connectivity index (χ3v) is 4.51. The van der Waals surface area contributed by atoms with Gasteiger partial charge in [-0.1, -0.05) is 30.3 Å². The van der Waals surface area contributed by atoms with Crippen molar-refractivity contribution in [2.45, 2.75) is 12.8 Å². The zero-order chi connectivity index (χ0) is 22.6. The molecule has 164 valence electrons. The zero-order valence-corrected chi connectivity index (χ0v) is 17.8. The van der Waals surface area contributed by atoms with E-state index in [1.54, 1.807) is 18.2 Å². The molecule has 0 unspecified atom stereocenters. The number of benzene rings is 2. The predicted molar refractivity (Wildman–Crippen MR) is 121 cm³/mol. The number of nitrogens with two attached hydrogens (primary N) is 1. The topological polar surface area (TPSA) is 102 Å². The Bertz CT molecular complexity index is 913. The van der Waals surface area contributed by atoms with E-state index in [9.17, 15) is 14.7 Å². The van der Waals surface area contributed by atoms with Gasteiger partial charge in [0.15, 0.2) is 11.5 Å². The van der Waals surface area contributed by atoms with Crippen LogP contribution in [0.1, 0.15) is 24.0 Å². The standard InChI is InChI=1S/C24H28N2O5/c1-30-20-16-19(17-21(31-2)24(20)29)11-13-23(28)26(15-7-6-14-25)22(27)12-10-18-8-4-3-5-9-18/h3-5,8-13,16-17,29H,6-7,14-15,25H2,1-2H3/b12-10?,13-11+. The number of hydrogen-bond acceptors (Lipinski definition) is 6. The summed E-state index contributed by atoms with van der Waals surface area (Å²) in [5, 5.41) is 10.0. The number of unbranched alkanes of at least 4 members (excludes halogenated alkanes) is 1. The van der Waals surface area contributed by atoms with Crippen molar-refractivity contribution in [3.8, 4) is 17.2 Å². The summed E-state index contributed by atoms with van der Waals surface area (Å²) in [5.41, 5.74) is 6.99. The third-order valence-electron chi connectivity index (χ3n) is 4.51. The van der Waals surface area contributed by atoms with Gasteiger partial charge in [0, 0.05) is 18.7 Å². The van der Waals surface area contributed by atoms with E-state index in [1.165, 1.54) is 37.3 Å². The number of methoxy groups -OCH3 is 2. The van der Waals surface area contributed by atoms with Gasteiger partial charge in [-0.2, -0.15) is 0 Å². The Morgan fingerprint density at radius 2 is 1.48 bits per heavy atom. The van der Waals surface area contributed by atoms with Gasteiger partial charge in [-0.15, -0.1) is 0 Å². The van der Waals surface area contributed by atoms with Crippen LogP contribution >= 0.6 is 0 Å². The number of carbonyl (C=O) groups is 2. The van der Waals surface area contributed by atoms with Crippen LogP contribution in [0.2, 0.25) is 0 Å². The Kier molecular flexibility index (Phi) is 9.32. The lowest BCUT2D eigenvalue weighted by Gasteiger charge is -2.17. The Morgan fingerprint density at radius 1 is 0.935 bits per heavy atom. The molecular formula is C24H28N2O5. The van der Waals surface area contributed by atoms with Crippen molar-refractivity contribution in [1.82, 2.24) is 4.90 Å². The average Bonchev–Trinajstić information content (AvgIpc) is 2.80. The monoisotopic (exact) mass is 424 g/mol. The number of hydrogen-bond donors (Lipinski definition) is 2. The number of imide groups is 1. The van der Waals surface area contributed by atoms with E-state index < -0.39 is 11.8 Å². The minimum absolute atomic E-state index is 0.127. The van der Waals surface area contributed by atoms with Crippen LogP contribution in [0, 0.1) is 0 Å². The number of phenols is 1. The number of aromatic hydroxyl groups is 1. The fraction of sp³-hybridized carbons (Fsp3) is 0.250. The van der Waals surface area contributed by atoms with Gasteiger partial charge in [0.2, 0.25) is 5.75 Å². The number of phenolic OH excluding ortho intramolecular Hbond substituents is 1. The third kappa shape index (κ3) is 7.01. The summed E-state index contributed by atoms with van der Waals surface area (Å²) >= 11 is 0. The molecule has 2 aromatic carbocycles. The molecule has 0 saturated carbocycles. The molecule has 2 rings (SSSR count). The van der Waals surface area contributed by atoms with E-state index in [0.717, 1.165) is 5.56 Å². The molecular weight excluding hydrogens is 396 g/mol. The normalized spacial score (nSPS) is 11.1. The highest BCUT2D eigenvalue weighted by atomic mass is 16.5. The van der Waals surface area contributed by atoms with Crippen molar-refractivity contribution >= 4 is 24.0 Å². The van der Waals surface area contributed by atoms with E-state index >= 15 is 0 Å². The van der Waals surface area contributed by atoms with E-state index in [-0.39, 0.29) is 23.8 Å². The van der Waals surface area contributed by atoms with Crippen molar-refractivity contribution in [2.75, 3.05) is 27.3 Å². The summed E-state index contributed by atoms with van der Waals surface area (Å²) in [5.74, 6) is -0.554. The fourth-order valence-electron chi connectivity index (χ4n) is 2.83. The van der Waals surface area contributed by atoms with Crippen molar-refractivity contribution < 1.29 is 24.2 Å². The first kappa shape index (κ1) is 23.7. The van der Waals surface area contributed by atoms with E-state index in [0.29, 0.717) is 24.9 Å². The smallest absolute Gasteiger partial charge is 0.253 e. The largest absolute Gasteiger partial charge is 0.502 e. The van der Waals surface area contributed by atoms with Crippen LogP contribution in [0.3, 0.4) is 0 Å². The summed E-state index contributed by atoms with van der Waals surface area (Å²) in [7, 11) is 2.84. The fourth-order valence-corrected chi connectivity index (χ4v) is 2.83. The van der Waals surface area contributed by atoms with Crippen LogP contribution < -0.4 is 15.2 Å². The lowest BCUT2D eigenvalue weighted by atomic mass is 10.1. The summed E-state index contributed by atoms with van der Waals surface area (Å²) in [6, 6.07) is 12.5. The van der Waals surface area contributed by atoms with E-state index in [4.69, 9.17) is 15.2 Å². The molecule has 0 radical (unpaired) electrons. The second kappa shape index (κ2) is 12.2. The molecule has 0 aliphatic carbocycles. The first-order valence-corrected chi connectivity index (χ1v) is 9.92. The van der Waals surface area contributed by atoms with Crippen LogP contribution in [0.5, 0.6) is 17.2 Å². The second-order valence-corrected chi connectivity index (χ2v) is 6.68. The minimum atomic E-state index is -0.453. The minimum Gasteiger partial charge on any atom is -0.502 e. The lowest BCUT2D eigenvalue weighted by Crippen LogP contribution is -2.35. The molecule has 0 heterocycles. The molecule has 0 atom stereocenters. The molecule has 0 aliphatic heterocycles. The number of ether oxygens (including phenoxy) is 2. The summed E-state index contributed by atoms with van der Waals surface area (Å²) < 4.78 is 10.3. The van der Waals surface area contributed by atoms with Gasteiger partial charge in [-0.25, -0.2) is 0 Å². The first-order chi connectivity index (χ1) is 15.0. The van der Waals surface area contributed by atoms with Crippen LogP contribution in [-0.2, 0) is 9.59 Å². The molecule has 31 heavy (non-hydrogen) atoms. The molecule has 7 nitrogen and oxygen atoms in total. The SMILES string of the molecule is COc1cc(/C=C/C(=O)N(CCCCN)C(=O)C=Cc2ccccc2)cc(OC)c1O. The molecule has 2 amide bonds. The quantitative estimate of drug-likeness (QED) is 0.448. The molecule has 0 spiro atoms. The van der Waals surface area contributed by atoms with Crippen LogP contribution in [0.25, 0.3) is 12.2 Å². The highest BCUT2D eigenvalue weighted by molar-refractivity contribution is 6.07. The molecule has 0 fully saturated rings. The maximum Gasteiger partial charge on any atom is 0.253 e. The molecule has 0 aromatic heterocycles. The zero-order valence-electron chi connectivity index (χ0n) is 17.8. The van der Waals surface area contributed by atoms with Gasteiger partial charge in [0.1, 0.15) is 0 Å². The van der Waals surface area contributed by atoms with Crippen LogP contribution in [0.15, 0.2) is 54.6 Å². The molecule has 0 bridgehead atoms.